The Hall–Kier alpha value is -0.0400. The van der Waals surface area contributed by atoms with E-state index in [1.54, 1.807) is 0 Å². The Kier molecular flexibility index (Phi) is 4.45. The predicted octanol–water partition coefficient (Wildman–Crippen LogP) is 4.23. The lowest BCUT2D eigenvalue weighted by Gasteiger charge is -2.39. The minimum atomic E-state index is 0.461. The summed E-state index contributed by atoms with van der Waals surface area (Å²) >= 11 is 0. The fraction of sp³-hybridized carbons (Fsp3) is 1.00. The van der Waals surface area contributed by atoms with Gasteiger partial charge in [0.2, 0.25) is 0 Å². The van der Waals surface area contributed by atoms with Crippen LogP contribution in [0.5, 0.6) is 0 Å². The highest BCUT2D eigenvalue weighted by Gasteiger charge is 2.31. The number of hydrogen-bond donors (Lipinski definition) is 1. The lowest BCUT2D eigenvalue weighted by atomic mass is 9.70. The Morgan fingerprint density at radius 2 is 1.81 bits per heavy atom. The molecule has 1 fully saturated rings. The second-order valence-electron chi connectivity index (χ2n) is 7.88. The van der Waals surface area contributed by atoms with Crippen LogP contribution in [0, 0.1) is 16.7 Å². The molecule has 0 amide bonds. The maximum atomic E-state index is 3.76. The van der Waals surface area contributed by atoms with Crippen LogP contribution >= 0.6 is 0 Å². The van der Waals surface area contributed by atoms with E-state index in [-0.39, 0.29) is 0 Å². The van der Waals surface area contributed by atoms with Gasteiger partial charge in [-0.3, -0.25) is 0 Å². The highest BCUT2D eigenvalue weighted by Crippen LogP contribution is 2.38. The predicted molar refractivity (Wildman–Crippen MR) is 72.7 cm³/mol. The topological polar surface area (TPSA) is 12.0 Å². The second-order valence-corrected chi connectivity index (χ2v) is 7.88. The van der Waals surface area contributed by atoms with Gasteiger partial charge in [0.05, 0.1) is 0 Å². The van der Waals surface area contributed by atoms with Crippen LogP contribution in [0.15, 0.2) is 0 Å². The van der Waals surface area contributed by atoms with Gasteiger partial charge in [-0.1, -0.05) is 41.5 Å². The van der Waals surface area contributed by atoms with Crippen LogP contribution in [0.2, 0.25) is 0 Å². The van der Waals surface area contributed by atoms with Crippen LogP contribution in [0.1, 0.15) is 67.2 Å². The monoisotopic (exact) mass is 225 g/mol. The van der Waals surface area contributed by atoms with Gasteiger partial charge in [-0.25, -0.2) is 0 Å². The lowest BCUT2D eigenvalue weighted by Crippen LogP contribution is -2.41. The fourth-order valence-electron chi connectivity index (χ4n) is 3.15. The molecule has 1 saturated carbocycles. The fourth-order valence-corrected chi connectivity index (χ4v) is 3.15. The Bertz CT molecular complexity index is 212. The molecule has 0 saturated heterocycles. The third-order valence-electron chi connectivity index (χ3n) is 3.69. The van der Waals surface area contributed by atoms with Crippen molar-refractivity contribution in [2.75, 3.05) is 6.54 Å². The van der Waals surface area contributed by atoms with Crippen molar-refractivity contribution in [1.82, 2.24) is 5.32 Å². The first kappa shape index (κ1) is 14.0. The third kappa shape index (κ3) is 5.34. The summed E-state index contributed by atoms with van der Waals surface area (Å²) in [7, 11) is 0. The van der Waals surface area contributed by atoms with E-state index in [1.807, 2.05) is 0 Å². The van der Waals surface area contributed by atoms with Crippen LogP contribution in [0.25, 0.3) is 0 Å². The number of hydrogen-bond acceptors (Lipinski definition) is 1. The molecule has 0 aromatic heterocycles. The summed E-state index contributed by atoms with van der Waals surface area (Å²) in [5, 5.41) is 3.76. The summed E-state index contributed by atoms with van der Waals surface area (Å²) in [6.45, 7) is 15.4. The van der Waals surface area contributed by atoms with Crippen LogP contribution in [-0.4, -0.2) is 12.6 Å². The number of nitrogens with one attached hydrogen (secondary N) is 1. The van der Waals surface area contributed by atoms with Crippen LogP contribution < -0.4 is 5.32 Å². The van der Waals surface area contributed by atoms with Crippen molar-refractivity contribution >= 4 is 0 Å². The molecule has 0 bridgehead atoms. The van der Waals surface area contributed by atoms with Crippen molar-refractivity contribution in [3.05, 3.63) is 0 Å². The summed E-state index contributed by atoms with van der Waals surface area (Å²) in [5.41, 5.74) is 1.000. The Morgan fingerprint density at radius 1 is 1.19 bits per heavy atom. The van der Waals surface area contributed by atoms with Gasteiger partial charge in [0.15, 0.2) is 0 Å². The van der Waals surface area contributed by atoms with Crippen molar-refractivity contribution in [2.24, 2.45) is 16.7 Å². The Balaban J connectivity index is 2.32. The standard InChI is InChI=1S/C15H31N/c1-12-9-13(11-15(5,6)10-12)16-8-7-14(2,3)4/h12-13,16H,7-11H2,1-6H3. The lowest BCUT2D eigenvalue weighted by molar-refractivity contribution is 0.149. The Labute approximate surface area is 102 Å². The molecule has 0 radical (unpaired) electrons. The van der Waals surface area contributed by atoms with Crippen molar-refractivity contribution < 1.29 is 0 Å². The molecule has 0 aromatic rings. The zero-order valence-electron chi connectivity index (χ0n) is 12.2. The van der Waals surface area contributed by atoms with Gasteiger partial charge in [0.1, 0.15) is 0 Å². The zero-order chi connectivity index (χ0) is 12.4. The molecule has 0 spiro atoms. The molecule has 2 atom stereocenters. The largest absolute Gasteiger partial charge is 0.314 e. The van der Waals surface area contributed by atoms with Crippen LogP contribution in [0.3, 0.4) is 0 Å². The zero-order valence-corrected chi connectivity index (χ0v) is 12.2. The molecule has 1 heteroatoms. The molecule has 2 unspecified atom stereocenters. The van der Waals surface area contributed by atoms with Crippen molar-refractivity contribution in [3.63, 3.8) is 0 Å². The van der Waals surface area contributed by atoms with Crippen molar-refractivity contribution in [3.8, 4) is 0 Å². The highest BCUT2D eigenvalue weighted by atomic mass is 14.9. The first-order valence-corrected chi connectivity index (χ1v) is 6.91. The van der Waals surface area contributed by atoms with Crippen LogP contribution in [0.4, 0.5) is 0 Å². The molecule has 0 heterocycles. The van der Waals surface area contributed by atoms with Crippen molar-refractivity contribution in [2.45, 2.75) is 73.3 Å². The maximum Gasteiger partial charge on any atom is 0.00746 e. The van der Waals surface area contributed by atoms with E-state index in [0.29, 0.717) is 10.8 Å². The summed E-state index contributed by atoms with van der Waals surface area (Å²) in [6.07, 6.45) is 5.39. The summed E-state index contributed by atoms with van der Waals surface area (Å²) in [4.78, 5) is 0. The van der Waals surface area contributed by atoms with Gasteiger partial charge >= 0.3 is 0 Å². The van der Waals surface area contributed by atoms with Gasteiger partial charge in [-0.15, -0.1) is 0 Å². The average molecular weight is 225 g/mol. The molecule has 1 aliphatic rings. The molecule has 1 aliphatic carbocycles. The van der Waals surface area contributed by atoms with E-state index >= 15 is 0 Å². The molecule has 1 rings (SSSR count). The van der Waals surface area contributed by atoms with E-state index in [9.17, 15) is 0 Å². The van der Waals surface area contributed by atoms with E-state index in [2.05, 4.69) is 46.9 Å². The Morgan fingerprint density at radius 3 is 2.31 bits per heavy atom. The number of rotatable bonds is 3. The molecule has 16 heavy (non-hydrogen) atoms. The first-order chi connectivity index (χ1) is 7.18. The molecule has 0 aliphatic heterocycles. The summed E-state index contributed by atoms with van der Waals surface area (Å²) in [5.74, 6) is 0.885. The first-order valence-electron chi connectivity index (χ1n) is 6.91. The minimum Gasteiger partial charge on any atom is -0.314 e. The van der Waals surface area contributed by atoms with Gasteiger partial charge in [0, 0.05) is 6.04 Å². The minimum absolute atomic E-state index is 0.461. The van der Waals surface area contributed by atoms with E-state index in [4.69, 9.17) is 0 Å². The molecular formula is C15H31N. The van der Waals surface area contributed by atoms with Gasteiger partial charge in [-0.2, -0.15) is 0 Å². The average Bonchev–Trinajstić information content (AvgIpc) is 1.96. The molecule has 1 N–H and O–H groups in total. The molecule has 1 nitrogen and oxygen atoms in total. The van der Waals surface area contributed by atoms with E-state index < -0.39 is 0 Å². The van der Waals surface area contributed by atoms with Gasteiger partial charge in [-0.05, 0) is 49.0 Å². The van der Waals surface area contributed by atoms with Crippen LogP contribution in [-0.2, 0) is 0 Å². The van der Waals surface area contributed by atoms with E-state index in [0.717, 1.165) is 12.0 Å². The summed E-state index contributed by atoms with van der Waals surface area (Å²) in [6, 6.07) is 0.751. The van der Waals surface area contributed by atoms with E-state index in [1.165, 1.54) is 32.2 Å². The highest BCUT2D eigenvalue weighted by molar-refractivity contribution is 4.86. The molecule has 0 aromatic carbocycles. The smallest absolute Gasteiger partial charge is 0.00746 e. The summed E-state index contributed by atoms with van der Waals surface area (Å²) < 4.78 is 0. The second kappa shape index (κ2) is 5.08. The maximum absolute atomic E-state index is 3.76. The quantitative estimate of drug-likeness (QED) is 0.758. The molecular weight excluding hydrogens is 194 g/mol. The van der Waals surface area contributed by atoms with Gasteiger partial charge in [0.25, 0.3) is 0 Å². The van der Waals surface area contributed by atoms with Gasteiger partial charge < -0.3 is 5.32 Å². The molecule has 96 valence electrons. The normalized spacial score (nSPS) is 30.4. The third-order valence-corrected chi connectivity index (χ3v) is 3.69. The van der Waals surface area contributed by atoms with Crippen molar-refractivity contribution in [1.29, 1.82) is 0 Å². The SMILES string of the molecule is CC1CC(NCCC(C)(C)C)CC(C)(C)C1.